The third kappa shape index (κ3) is 3.86. The van der Waals surface area contributed by atoms with Crippen LogP contribution in [0.25, 0.3) is 0 Å². The molecule has 1 aliphatic heterocycles. The average Bonchev–Trinajstić information content (AvgIpc) is 2.91. The minimum atomic E-state index is -3.50. The number of hydrogen-bond acceptors (Lipinski definition) is 3. The molecule has 7 heteroatoms. The number of amides is 1. The number of benzene rings is 2. The zero-order valence-corrected chi connectivity index (χ0v) is 16.3. The summed E-state index contributed by atoms with van der Waals surface area (Å²) in [7, 11) is -3.50. The molecule has 3 rings (SSSR count). The Kier molecular flexibility index (Phi) is 5.25. The maximum absolute atomic E-state index is 12.8. The van der Waals surface area contributed by atoms with Gasteiger partial charge in [0.2, 0.25) is 15.9 Å². The Bertz CT molecular complexity index is 913. The highest BCUT2D eigenvalue weighted by Crippen LogP contribution is 2.32. The summed E-state index contributed by atoms with van der Waals surface area (Å²) in [6.07, 6.45) is 2.06. The number of carbonyl (C=O) groups is 1. The van der Waals surface area contributed by atoms with E-state index in [4.69, 9.17) is 11.6 Å². The van der Waals surface area contributed by atoms with E-state index in [9.17, 15) is 13.2 Å². The van der Waals surface area contributed by atoms with Crippen molar-refractivity contribution in [2.75, 3.05) is 22.0 Å². The lowest BCUT2D eigenvalue weighted by atomic mass is 10.1. The van der Waals surface area contributed by atoms with E-state index in [1.165, 1.54) is 4.31 Å². The molecular formula is C19H21ClN2O3S. The number of fused-ring (bicyclic) bond motifs is 1. The number of carbonyl (C=O) groups excluding carboxylic acids is 1. The summed E-state index contributed by atoms with van der Waals surface area (Å²) in [5.41, 5.74) is 2.56. The molecule has 0 saturated carbocycles. The van der Waals surface area contributed by atoms with Gasteiger partial charge in [-0.25, -0.2) is 8.42 Å². The minimum absolute atomic E-state index is 0.0714. The lowest BCUT2D eigenvalue weighted by molar-refractivity contribution is -0.118. The van der Waals surface area contributed by atoms with Crippen molar-refractivity contribution < 1.29 is 13.2 Å². The Balaban J connectivity index is 1.77. The molecule has 1 unspecified atom stereocenters. The topological polar surface area (TPSA) is 57.7 Å². The normalized spacial score (nSPS) is 16.4. The van der Waals surface area contributed by atoms with E-state index in [-0.39, 0.29) is 24.9 Å². The Labute approximate surface area is 159 Å². The van der Waals surface area contributed by atoms with E-state index in [1.807, 2.05) is 31.2 Å². The SMILES string of the molecule is CC1Cc2ccccc2N1C(=O)CCN(c1ccc(Cl)cc1)S(C)(=O)=O. The lowest BCUT2D eigenvalue weighted by Crippen LogP contribution is -2.39. The van der Waals surface area contributed by atoms with Gasteiger partial charge in [-0.2, -0.15) is 0 Å². The third-order valence-electron chi connectivity index (χ3n) is 4.52. The second-order valence-corrected chi connectivity index (χ2v) is 8.85. The first-order chi connectivity index (χ1) is 12.3. The smallest absolute Gasteiger partial charge is 0.232 e. The standard InChI is InChI=1S/C19H21ClN2O3S/c1-14-13-15-5-3-4-6-18(15)22(14)19(23)11-12-21(26(2,24)25)17-9-7-16(20)8-10-17/h3-10,14H,11-13H2,1-2H3. The van der Waals surface area contributed by atoms with Gasteiger partial charge in [0.25, 0.3) is 0 Å². The number of para-hydroxylation sites is 1. The highest BCUT2D eigenvalue weighted by atomic mass is 35.5. The average molecular weight is 393 g/mol. The predicted molar refractivity (Wildman–Crippen MR) is 105 cm³/mol. The van der Waals surface area contributed by atoms with Crippen LogP contribution in [0, 0.1) is 0 Å². The molecular weight excluding hydrogens is 372 g/mol. The summed E-state index contributed by atoms with van der Waals surface area (Å²) in [4.78, 5) is 14.6. The van der Waals surface area contributed by atoms with Crippen LogP contribution in [0.15, 0.2) is 48.5 Å². The summed E-state index contributed by atoms with van der Waals surface area (Å²) in [5, 5.41) is 0.528. The van der Waals surface area contributed by atoms with E-state index < -0.39 is 10.0 Å². The van der Waals surface area contributed by atoms with Crippen LogP contribution in [0.4, 0.5) is 11.4 Å². The van der Waals surface area contributed by atoms with Gasteiger partial charge < -0.3 is 4.90 Å². The molecule has 5 nitrogen and oxygen atoms in total. The molecule has 0 N–H and O–H groups in total. The van der Waals surface area contributed by atoms with Crippen molar-refractivity contribution in [3.8, 4) is 0 Å². The number of rotatable bonds is 5. The van der Waals surface area contributed by atoms with Gasteiger partial charge >= 0.3 is 0 Å². The second kappa shape index (κ2) is 7.29. The van der Waals surface area contributed by atoms with Crippen LogP contribution >= 0.6 is 11.6 Å². The van der Waals surface area contributed by atoms with Gasteiger partial charge in [0.1, 0.15) is 0 Å². The first-order valence-corrected chi connectivity index (χ1v) is 10.6. The monoisotopic (exact) mass is 392 g/mol. The molecule has 1 amide bonds. The molecule has 1 heterocycles. The Morgan fingerprint density at radius 3 is 2.50 bits per heavy atom. The van der Waals surface area contributed by atoms with Crippen LogP contribution in [0.5, 0.6) is 0 Å². The first kappa shape index (κ1) is 18.7. The van der Waals surface area contributed by atoms with Crippen molar-refractivity contribution in [2.45, 2.75) is 25.8 Å². The van der Waals surface area contributed by atoms with Crippen molar-refractivity contribution in [2.24, 2.45) is 0 Å². The van der Waals surface area contributed by atoms with Crippen molar-refractivity contribution >= 4 is 38.9 Å². The molecule has 138 valence electrons. The number of hydrogen-bond donors (Lipinski definition) is 0. The zero-order chi connectivity index (χ0) is 18.9. The number of nitrogens with zero attached hydrogens (tertiary/aromatic N) is 2. The summed E-state index contributed by atoms with van der Waals surface area (Å²) in [6, 6.07) is 14.5. The fourth-order valence-corrected chi connectivity index (χ4v) is 4.41. The lowest BCUT2D eigenvalue weighted by Gasteiger charge is -2.26. The number of anilines is 2. The maximum atomic E-state index is 12.8. The predicted octanol–water partition coefficient (Wildman–Crippen LogP) is 3.47. The van der Waals surface area contributed by atoms with E-state index in [0.29, 0.717) is 10.7 Å². The van der Waals surface area contributed by atoms with Crippen molar-refractivity contribution in [3.05, 3.63) is 59.1 Å². The number of sulfonamides is 1. The van der Waals surface area contributed by atoms with Crippen molar-refractivity contribution in [3.63, 3.8) is 0 Å². The van der Waals surface area contributed by atoms with E-state index in [1.54, 1.807) is 29.2 Å². The van der Waals surface area contributed by atoms with E-state index >= 15 is 0 Å². The maximum Gasteiger partial charge on any atom is 0.232 e. The molecule has 0 fully saturated rings. The van der Waals surface area contributed by atoms with Gasteiger partial charge in [0.05, 0.1) is 11.9 Å². The fraction of sp³-hybridized carbons (Fsp3) is 0.316. The van der Waals surface area contributed by atoms with Crippen LogP contribution < -0.4 is 9.21 Å². The van der Waals surface area contributed by atoms with E-state index in [0.717, 1.165) is 23.9 Å². The quantitative estimate of drug-likeness (QED) is 0.782. The van der Waals surface area contributed by atoms with Gasteiger partial charge in [-0.3, -0.25) is 9.10 Å². The molecule has 1 aliphatic rings. The molecule has 0 spiro atoms. The number of halogens is 1. The molecule has 1 atom stereocenters. The largest absolute Gasteiger partial charge is 0.309 e. The molecule has 2 aromatic carbocycles. The van der Waals surface area contributed by atoms with Gasteiger partial charge in [-0.1, -0.05) is 29.8 Å². The molecule has 0 aliphatic carbocycles. The highest BCUT2D eigenvalue weighted by Gasteiger charge is 2.31. The van der Waals surface area contributed by atoms with Crippen LogP contribution in [-0.2, 0) is 21.2 Å². The van der Waals surface area contributed by atoms with E-state index in [2.05, 4.69) is 0 Å². The molecule has 26 heavy (non-hydrogen) atoms. The Morgan fingerprint density at radius 2 is 1.85 bits per heavy atom. The Hall–Kier alpha value is -2.05. The van der Waals surface area contributed by atoms with Crippen molar-refractivity contribution in [1.29, 1.82) is 0 Å². The molecule has 0 radical (unpaired) electrons. The first-order valence-electron chi connectivity index (χ1n) is 8.40. The fourth-order valence-electron chi connectivity index (χ4n) is 3.36. The highest BCUT2D eigenvalue weighted by molar-refractivity contribution is 7.92. The van der Waals surface area contributed by atoms with Crippen LogP contribution in [0.3, 0.4) is 0 Å². The van der Waals surface area contributed by atoms with Gasteiger partial charge in [-0.15, -0.1) is 0 Å². The van der Waals surface area contributed by atoms with Crippen molar-refractivity contribution in [1.82, 2.24) is 0 Å². The van der Waals surface area contributed by atoms with Gasteiger partial charge in [0, 0.05) is 29.7 Å². The molecule has 0 saturated heterocycles. The molecule has 2 aromatic rings. The van der Waals surface area contributed by atoms with Gasteiger partial charge in [0.15, 0.2) is 0 Å². The minimum Gasteiger partial charge on any atom is -0.309 e. The zero-order valence-electron chi connectivity index (χ0n) is 14.7. The van der Waals surface area contributed by atoms with Crippen LogP contribution in [0.1, 0.15) is 18.9 Å². The summed E-state index contributed by atoms with van der Waals surface area (Å²) in [6.45, 7) is 2.09. The molecule has 0 aromatic heterocycles. The summed E-state index contributed by atoms with van der Waals surface area (Å²) >= 11 is 5.88. The third-order valence-corrected chi connectivity index (χ3v) is 5.97. The molecule has 0 bridgehead atoms. The van der Waals surface area contributed by atoms with Gasteiger partial charge in [-0.05, 0) is 49.2 Å². The summed E-state index contributed by atoms with van der Waals surface area (Å²) in [5.74, 6) is -0.0786. The second-order valence-electron chi connectivity index (χ2n) is 6.51. The summed E-state index contributed by atoms with van der Waals surface area (Å²) < 4.78 is 25.6. The van der Waals surface area contributed by atoms with Crippen LogP contribution in [-0.4, -0.2) is 33.2 Å². The van der Waals surface area contributed by atoms with Crippen LogP contribution in [0.2, 0.25) is 5.02 Å². The Morgan fingerprint density at radius 1 is 1.19 bits per heavy atom.